The summed E-state index contributed by atoms with van der Waals surface area (Å²) in [4.78, 5) is 26.3. The van der Waals surface area contributed by atoms with Crippen molar-refractivity contribution >= 4 is 11.8 Å². The quantitative estimate of drug-likeness (QED) is 0.792. The van der Waals surface area contributed by atoms with Gasteiger partial charge in [-0.05, 0) is 26.7 Å². The summed E-state index contributed by atoms with van der Waals surface area (Å²) in [6, 6.07) is 0. The maximum absolute atomic E-state index is 12.8. The van der Waals surface area contributed by atoms with Gasteiger partial charge in [0, 0.05) is 18.5 Å². The predicted molar refractivity (Wildman–Crippen MR) is 77.3 cm³/mol. The zero-order chi connectivity index (χ0) is 15.5. The van der Waals surface area contributed by atoms with Gasteiger partial charge in [0.2, 0.25) is 5.91 Å². The maximum Gasteiger partial charge on any atom is 0.275 e. The van der Waals surface area contributed by atoms with E-state index in [1.54, 1.807) is 4.90 Å². The number of piperazine rings is 1. The molecule has 2 amide bonds. The average Bonchev–Trinajstić information content (AvgIpc) is 3.04. The first-order valence-electron chi connectivity index (χ1n) is 7.80. The molecule has 0 bridgehead atoms. The summed E-state index contributed by atoms with van der Waals surface area (Å²) in [5.41, 5.74) is 2.09. The first-order valence-corrected chi connectivity index (χ1v) is 7.80. The van der Waals surface area contributed by atoms with Gasteiger partial charge < -0.3 is 15.0 Å². The minimum absolute atomic E-state index is 0.0612. The highest BCUT2D eigenvalue weighted by molar-refractivity contribution is 5.97. The lowest BCUT2D eigenvalue weighted by Gasteiger charge is -2.33. The fourth-order valence-corrected chi connectivity index (χ4v) is 3.55. The van der Waals surface area contributed by atoms with Gasteiger partial charge in [0.15, 0.2) is 5.69 Å². The molecule has 7 nitrogen and oxygen atoms in total. The molecule has 4 rings (SSSR count). The number of nitrogens with one attached hydrogen (secondary N) is 2. The molecule has 1 aliphatic carbocycles. The molecule has 1 saturated carbocycles. The lowest BCUT2D eigenvalue weighted by Crippen LogP contribution is -2.57. The van der Waals surface area contributed by atoms with E-state index in [-0.39, 0.29) is 36.1 Å². The van der Waals surface area contributed by atoms with Gasteiger partial charge in [-0.15, -0.1) is 0 Å². The summed E-state index contributed by atoms with van der Waals surface area (Å²) in [5, 5.41) is 10.2. The SMILES string of the molecule is C[C@@H]1Cc2c(C(=O)N3CC(=O)NC4(CC4)C3)n[nH]c2[C@H](C)O1. The van der Waals surface area contributed by atoms with Crippen molar-refractivity contribution in [3.8, 4) is 0 Å². The van der Waals surface area contributed by atoms with Crippen molar-refractivity contribution in [1.29, 1.82) is 0 Å². The Hall–Kier alpha value is -1.89. The number of nitrogens with zero attached hydrogens (tertiary/aromatic N) is 2. The van der Waals surface area contributed by atoms with Crippen molar-refractivity contribution in [1.82, 2.24) is 20.4 Å². The Morgan fingerprint density at radius 1 is 1.41 bits per heavy atom. The molecule has 3 aliphatic rings. The summed E-state index contributed by atoms with van der Waals surface area (Å²) in [6.45, 7) is 4.65. The van der Waals surface area contributed by atoms with E-state index in [1.165, 1.54) is 0 Å². The van der Waals surface area contributed by atoms with E-state index < -0.39 is 0 Å². The standard InChI is InChI=1S/C15H20N4O3/c1-8-5-10-12(9(2)22-8)17-18-13(10)14(21)19-6-11(20)16-15(7-19)3-4-15/h8-9H,3-7H2,1-2H3,(H,16,20)(H,17,18)/t8-,9+/m1/s1. The molecule has 0 unspecified atom stereocenters. The van der Waals surface area contributed by atoms with Crippen molar-refractivity contribution in [2.24, 2.45) is 0 Å². The van der Waals surface area contributed by atoms with E-state index in [0.717, 1.165) is 24.1 Å². The molecular formula is C15H20N4O3. The third-order valence-electron chi connectivity index (χ3n) is 4.81. The lowest BCUT2D eigenvalue weighted by molar-refractivity contribution is -0.125. The zero-order valence-corrected chi connectivity index (χ0v) is 12.8. The van der Waals surface area contributed by atoms with Gasteiger partial charge >= 0.3 is 0 Å². The summed E-state index contributed by atoms with van der Waals surface area (Å²) in [7, 11) is 0. The molecule has 2 N–H and O–H groups in total. The molecule has 1 aromatic heterocycles. The highest BCUT2D eigenvalue weighted by atomic mass is 16.5. The van der Waals surface area contributed by atoms with Crippen LogP contribution in [-0.4, -0.2) is 51.6 Å². The molecule has 2 aliphatic heterocycles. The molecule has 22 heavy (non-hydrogen) atoms. The third-order valence-corrected chi connectivity index (χ3v) is 4.81. The van der Waals surface area contributed by atoms with Crippen LogP contribution < -0.4 is 5.32 Å². The van der Waals surface area contributed by atoms with Crippen LogP contribution in [0.15, 0.2) is 0 Å². The van der Waals surface area contributed by atoms with Gasteiger partial charge in [-0.3, -0.25) is 14.7 Å². The number of rotatable bonds is 1. The number of H-pyrrole nitrogens is 1. The van der Waals surface area contributed by atoms with Crippen LogP contribution in [0, 0.1) is 0 Å². The van der Waals surface area contributed by atoms with E-state index >= 15 is 0 Å². The number of aromatic amines is 1. The van der Waals surface area contributed by atoms with Gasteiger partial charge in [-0.1, -0.05) is 0 Å². The predicted octanol–water partition coefficient (Wildman–Crippen LogP) is 0.536. The second-order valence-corrected chi connectivity index (χ2v) is 6.75. The summed E-state index contributed by atoms with van der Waals surface area (Å²) in [5.74, 6) is -0.230. The molecule has 1 spiro atoms. The average molecular weight is 304 g/mol. The van der Waals surface area contributed by atoms with Crippen LogP contribution in [0.3, 0.4) is 0 Å². The van der Waals surface area contributed by atoms with Crippen LogP contribution in [-0.2, 0) is 16.0 Å². The van der Waals surface area contributed by atoms with Gasteiger partial charge in [-0.2, -0.15) is 5.10 Å². The molecule has 1 saturated heterocycles. The summed E-state index contributed by atoms with van der Waals surface area (Å²) < 4.78 is 5.75. The van der Waals surface area contributed by atoms with Crippen molar-refractivity contribution in [3.05, 3.63) is 17.0 Å². The highest BCUT2D eigenvalue weighted by Crippen LogP contribution is 2.38. The smallest absolute Gasteiger partial charge is 0.275 e. The van der Waals surface area contributed by atoms with Gasteiger partial charge in [0.25, 0.3) is 5.91 Å². The Bertz CT molecular complexity index is 649. The Balaban J connectivity index is 1.62. The van der Waals surface area contributed by atoms with Gasteiger partial charge in [0.1, 0.15) is 0 Å². The monoisotopic (exact) mass is 304 g/mol. The second-order valence-electron chi connectivity index (χ2n) is 6.75. The molecule has 1 aromatic rings. The van der Waals surface area contributed by atoms with E-state index in [1.807, 2.05) is 13.8 Å². The Morgan fingerprint density at radius 2 is 2.18 bits per heavy atom. The van der Waals surface area contributed by atoms with Crippen LogP contribution in [0.25, 0.3) is 0 Å². The highest BCUT2D eigenvalue weighted by Gasteiger charge is 2.49. The summed E-state index contributed by atoms with van der Waals surface area (Å²) in [6.07, 6.45) is 2.53. The van der Waals surface area contributed by atoms with Crippen molar-refractivity contribution < 1.29 is 14.3 Å². The molecule has 3 heterocycles. The van der Waals surface area contributed by atoms with E-state index in [9.17, 15) is 9.59 Å². The molecule has 118 valence electrons. The molecule has 2 atom stereocenters. The topological polar surface area (TPSA) is 87.3 Å². The fraction of sp³-hybridized carbons (Fsp3) is 0.667. The Labute approximate surface area is 128 Å². The van der Waals surface area contributed by atoms with Crippen LogP contribution in [0.5, 0.6) is 0 Å². The molecule has 0 aromatic carbocycles. The minimum atomic E-state index is -0.176. The summed E-state index contributed by atoms with van der Waals surface area (Å²) >= 11 is 0. The van der Waals surface area contributed by atoms with Crippen molar-refractivity contribution in [3.63, 3.8) is 0 Å². The van der Waals surface area contributed by atoms with Crippen LogP contribution in [0.1, 0.15) is 54.5 Å². The van der Waals surface area contributed by atoms with Crippen molar-refractivity contribution in [2.75, 3.05) is 13.1 Å². The Morgan fingerprint density at radius 3 is 2.91 bits per heavy atom. The first-order chi connectivity index (χ1) is 10.5. The minimum Gasteiger partial charge on any atom is -0.369 e. The molecular weight excluding hydrogens is 284 g/mol. The van der Waals surface area contributed by atoms with E-state index in [4.69, 9.17) is 4.74 Å². The number of aromatic nitrogens is 2. The number of hydrogen-bond donors (Lipinski definition) is 2. The number of hydrogen-bond acceptors (Lipinski definition) is 4. The second kappa shape index (κ2) is 4.55. The Kier molecular flexibility index (Phi) is 2.84. The van der Waals surface area contributed by atoms with Crippen LogP contribution >= 0.6 is 0 Å². The molecule has 7 heteroatoms. The number of fused-ring (bicyclic) bond motifs is 1. The first kappa shape index (κ1) is 13.8. The van der Waals surface area contributed by atoms with Crippen molar-refractivity contribution in [2.45, 2.75) is 50.9 Å². The number of ether oxygens (including phenoxy) is 1. The van der Waals surface area contributed by atoms with Crippen LogP contribution in [0.2, 0.25) is 0 Å². The maximum atomic E-state index is 12.8. The van der Waals surface area contributed by atoms with Crippen LogP contribution in [0.4, 0.5) is 0 Å². The number of carbonyl (C=O) groups excluding carboxylic acids is 2. The normalized spacial score (nSPS) is 29.2. The number of carbonyl (C=O) groups is 2. The largest absolute Gasteiger partial charge is 0.369 e. The number of amides is 2. The fourth-order valence-electron chi connectivity index (χ4n) is 3.55. The zero-order valence-electron chi connectivity index (χ0n) is 12.8. The molecule has 2 fully saturated rings. The lowest BCUT2D eigenvalue weighted by atomic mass is 9.99. The van der Waals surface area contributed by atoms with E-state index in [2.05, 4.69) is 15.5 Å². The molecule has 0 radical (unpaired) electrons. The van der Waals surface area contributed by atoms with Gasteiger partial charge in [0.05, 0.1) is 30.0 Å². The van der Waals surface area contributed by atoms with E-state index in [0.29, 0.717) is 18.7 Å². The third kappa shape index (κ3) is 2.11. The van der Waals surface area contributed by atoms with Gasteiger partial charge in [-0.25, -0.2) is 0 Å².